The number of amides is 1. The third kappa shape index (κ3) is 7.26. The zero-order valence-electron chi connectivity index (χ0n) is 30.4. The van der Waals surface area contributed by atoms with Crippen LogP contribution in [0.5, 0.6) is 0 Å². The average molecular weight is 729 g/mol. The highest BCUT2D eigenvalue weighted by molar-refractivity contribution is 6.07. The van der Waals surface area contributed by atoms with Gasteiger partial charge in [0.1, 0.15) is 29.5 Å². The molecular formula is C40H43F3N6O4. The van der Waals surface area contributed by atoms with Gasteiger partial charge < -0.3 is 4.90 Å². The first-order chi connectivity index (χ1) is 25.1. The van der Waals surface area contributed by atoms with Crippen LogP contribution < -0.4 is 0 Å². The van der Waals surface area contributed by atoms with E-state index in [9.17, 15) is 32.3 Å². The number of hydrogen-bond donors (Lipinski definition) is 0. The standard InChI is InChI=1S/C40H43F3N6O4/c1-22-7-5-6-8-26-14-27(28-19-44-25(4)45-20-28)15-30-37(24(3)50)47-48(38(26)30)21-36(53)49-32(17-39(18-35(39)49)12-11-29(51)13-22)33(52)16-31-23(2)9-10-34(46-31)40(41,42)43/h9-10,14-15,19-20,22,32,35H,5-8,11-13,16-18,21H2,1-4H3/t22-,32-,35+,39-/m0/s1. The molecule has 278 valence electrons. The lowest BCUT2D eigenvalue weighted by molar-refractivity contribution is -0.141. The summed E-state index contributed by atoms with van der Waals surface area (Å²) in [6.07, 6.45) is 3.94. The van der Waals surface area contributed by atoms with Crippen LogP contribution in [0.2, 0.25) is 0 Å². The number of aromatic nitrogens is 5. The van der Waals surface area contributed by atoms with E-state index in [4.69, 9.17) is 5.10 Å². The maximum absolute atomic E-state index is 14.5. The van der Waals surface area contributed by atoms with Gasteiger partial charge in [0, 0.05) is 49.2 Å². The van der Waals surface area contributed by atoms with Crippen LogP contribution in [-0.4, -0.2) is 65.0 Å². The molecule has 0 unspecified atom stereocenters. The van der Waals surface area contributed by atoms with E-state index in [1.807, 2.05) is 12.1 Å². The minimum Gasteiger partial charge on any atom is -0.327 e. The van der Waals surface area contributed by atoms with E-state index >= 15 is 0 Å². The third-order valence-electron chi connectivity index (χ3n) is 11.4. The summed E-state index contributed by atoms with van der Waals surface area (Å²) in [5.41, 5.74) is 2.36. The van der Waals surface area contributed by atoms with Crippen molar-refractivity contribution in [2.75, 3.05) is 0 Å². The summed E-state index contributed by atoms with van der Waals surface area (Å²) in [4.78, 5) is 68.9. The minimum absolute atomic E-state index is 0.0223. The first-order valence-corrected chi connectivity index (χ1v) is 18.4. The highest BCUT2D eigenvalue weighted by atomic mass is 19.4. The molecule has 0 radical (unpaired) electrons. The third-order valence-corrected chi connectivity index (χ3v) is 11.4. The van der Waals surface area contributed by atoms with Crippen molar-refractivity contribution in [3.05, 3.63) is 70.7 Å². The molecule has 3 aliphatic rings. The second-order valence-corrected chi connectivity index (χ2v) is 15.4. The van der Waals surface area contributed by atoms with E-state index in [0.717, 1.165) is 42.0 Å². The molecule has 5 heterocycles. The van der Waals surface area contributed by atoms with Gasteiger partial charge in [-0.1, -0.05) is 25.8 Å². The molecule has 3 aromatic heterocycles. The molecule has 2 fully saturated rings. The van der Waals surface area contributed by atoms with Gasteiger partial charge in [-0.3, -0.25) is 23.9 Å². The van der Waals surface area contributed by atoms with Gasteiger partial charge in [0.15, 0.2) is 11.6 Å². The van der Waals surface area contributed by atoms with Gasteiger partial charge in [-0.05, 0) is 92.2 Å². The maximum Gasteiger partial charge on any atom is 0.433 e. The van der Waals surface area contributed by atoms with Crippen LogP contribution in [0, 0.1) is 25.2 Å². The molecule has 7 rings (SSSR count). The number of hydrogen-bond acceptors (Lipinski definition) is 8. The van der Waals surface area contributed by atoms with Crippen LogP contribution >= 0.6 is 0 Å². The Balaban J connectivity index is 1.29. The highest BCUT2D eigenvalue weighted by Gasteiger charge is 2.66. The average Bonchev–Trinajstić information content (AvgIpc) is 3.51. The molecule has 0 N–H and O–H groups in total. The molecule has 1 saturated carbocycles. The fraction of sp³-hybridized carbons (Fsp3) is 0.500. The number of pyridine rings is 1. The van der Waals surface area contributed by atoms with Gasteiger partial charge in [-0.25, -0.2) is 15.0 Å². The summed E-state index contributed by atoms with van der Waals surface area (Å²) in [6, 6.07) is 4.93. The van der Waals surface area contributed by atoms with Gasteiger partial charge in [0.2, 0.25) is 5.91 Å². The van der Waals surface area contributed by atoms with Crippen LogP contribution in [-0.2, 0) is 39.9 Å². The number of aryl methyl sites for hydroxylation is 3. The van der Waals surface area contributed by atoms with Crippen molar-refractivity contribution in [1.82, 2.24) is 29.6 Å². The number of piperidine rings is 1. The van der Waals surface area contributed by atoms with Crippen molar-refractivity contribution < 1.29 is 32.3 Å². The van der Waals surface area contributed by atoms with Crippen molar-refractivity contribution in [2.45, 2.75) is 117 Å². The summed E-state index contributed by atoms with van der Waals surface area (Å²) >= 11 is 0. The number of alkyl halides is 3. The summed E-state index contributed by atoms with van der Waals surface area (Å²) in [7, 11) is 0. The zero-order chi connectivity index (χ0) is 37.8. The topological polar surface area (TPSA) is 128 Å². The number of rotatable bonds is 5. The molecule has 0 spiro atoms. The summed E-state index contributed by atoms with van der Waals surface area (Å²) in [6.45, 7) is 6.70. The lowest BCUT2D eigenvalue weighted by atomic mass is 9.88. The Kier molecular flexibility index (Phi) is 9.57. The predicted octanol–water partition coefficient (Wildman–Crippen LogP) is 7.00. The van der Waals surface area contributed by atoms with E-state index in [1.54, 1.807) is 35.8 Å². The van der Waals surface area contributed by atoms with Crippen molar-refractivity contribution in [3.63, 3.8) is 0 Å². The van der Waals surface area contributed by atoms with Crippen molar-refractivity contribution >= 4 is 34.2 Å². The van der Waals surface area contributed by atoms with E-state index in [-0.39, 0.29) is 53.8 Å². The second kappa shape index (κ2) is 13.9. The molecule has 13 heteroatoms. The van der Waals surface area contributed by atoms with Crippen molar-refractivity contribution in [2.24, 2.45) is 11.3 Å². The van der Waals surface area contributed by atoms with Crippen molar-refractivity contribution in [3.8, 4) is 11.1 Å². The Morgan fingerprint density at radius 1 is 1.00 bits per heavy atom. The lowest BCUT2D eigenvalue weighted by Crippen LogP contribution is -2.45. The molecule has 1 saturated heterocycles. The zero-order valence-corrected chi connectivity index (χ0v) is 30.4. The molecule has 1 aromatic carbocycles. The molecule has 1 aliphatic carbocycles. The number of ketones is 3. The fourth-order valence-corrected chi connectivity index (χ4v) is 8.49. The Morgan fingerprint density at radius 2 is 1.75 bits per heavy atom. The molecule has 4 aromatic rings. The van der Waals surface area contributed by atoms with Gasteiger partial charge in [0.05, 0.1) is 23.7 Å². The molecule has 53 heavy (non-hydrogen) atoms. The number of benzene rings is 1. The van der Waals surface area contributed by atoms with E-state index in [2.05, 4.69) is 21.9 Å². The molecule has 1 amide bonds. The van der Waals surface area contributed by atoms with Gasteiger partial charge >= 0.3 is 6.18 Å². The van der Waals surface area contributed by atoms with Gasteiger partial charge in [-0.15, -0.1) is 0 Å². The van der Waals surface area contributed by atoms with Crippen LogP contribution in [0.1, 0.15) is 104 Å². The quantitative estimate of drug-likeness (QED) is 0.201. The number of halogens is 3. The molecule has 2 bridgehead atoms. The monoisotopic (exact) mass is 728 g/mol. The second-order valence-electron chi connectivity index (χ2n) is 15.4. The Labute approximate surface area is 305 Å². The van der Waals surface area contributed by atoms with Gasteiger partial charge in [0.25, 0.3) is 0 Å². The van der Waals surface area contributed by atoms with Crippen LogP contribution in [0.15, 0.2) is 36.7 Å². The molecule has 10 nitrogen and oxygen atoms in total. The smallest absolute Gasteiger partial charge is 0.327 e. The number of carbonyl (C=O) groups excluding carboxylic acids is 4. The summed E-state index contributed by atoms with van der Waals surface area (Å²) < 4.78 is 42.2. The molecule has 2 aliphatic heterocycles. The highest BCUT2D eigenvalue weighted by Crippen LogP contribution is 2.62. The van der Waals surface area contributed by atoms with E-state index in [1.165, 1.54) is 13.0 Å². The van der Waals surface area contributed by atoms with E-state index in [0.29, 0.717) is 60.8 Å². The van der Waals surface area contributed by atoms with E-state index < -0.39 is 29.1 Å². The number of Topliss-reactive ketones (excluding diaryl/α,β-unsaturated/α-hetero) is 3. The largest absolute Gasteiger partial charge is 0.433 e. The summed E-state index contributed by atoms with van der Waals surface area (Å²) in [5.74, 6) is -0.0473. The van der Waals surface area contributed by atoms with Crippen LogP contribution in [0.3, 0.4) is 0 Å². The normalized spacial score (nSPS) is 23.9. The Bertz CT molecular complexity index is 2130. The maximum atomic E-state index is 14.5. The summed E-state index contributed by atoms with van der Waals surface area (Å²) in [5, 5.41) is 5.31. The van der Waals surface area contributed by atoms with Gasteiger partial charge in [-0.2, -0.15) is 18.3 Å². The first kappa shape index (κ1) is 36.5. The molecule has 4 atom stereocenters. The lowest BCUT2D eigenvalue weighted by Gasteiger charge is -2.27. The fourth-order valence-electron chi connectivity index (χ4n) is 8.49. The SMILES string of the molecule is CC(=O)c1nn2c3c(cc(-c4cnc(C)nc4)cc13)CCCC[C@H](C)CC(=O)CC[C@@]13C[C@@H](C(=O)Cc4nc(C(F)(F)F)ccc4C)N(C(=O)C2)[C@@H]1C3. The predicted molar refractivity (Wildman–Crippen MR) is 190 cm³/mol. The van der Waals surface area contributed by atoms with Crippen molar-refractivity contribution in [1.29, 1.82) is 0 Å². The van der Waals surface area contributed by atoms with Crippen LogP contribution in [0.25, 0.3) is 22.0 Å². The Hall–Kier alpha value is -4.81. The first-order valence-electron chi connectivity index (χ1n) is 18.4. The van der Waals surface area contributed by atoms with Crippen LogP contribution in [0.4, 0.5) is 13.2 Å². The number of carbonyl (C=O) groups is 4. The molecular weight excluding hydrogens is 685 g/mol. The Morgan fingerprint density at radius 3 is 2.47 bits per heavy atom. The minimum atomic E-state index is -4.67. The number of nitrogens with zero attached hydrogens (tertiary/aromatic N) is 6.